The van der Waals surface area contributed by atoms with Gasteiger partial charge in [0, 0.05) is 10.8 Å². The van der Waals surface area contributed by atoms with Crippen molar-refractivity contribution in [2.75, 3.05) is 13.2 Å². The van der Waals surface area contributed by atoms with Gasteiger partial charge >= 0.3 is 0 Å². The lowest BCUT2D eigenvalue weighted by molar-refractivity contribution is 0.267. The smallest absolute Gasteiger partial charge is 0.123 e. The van der Waals surface area contributed by atoms with Crippen LogP contribution in [0.3, 0.4) is 0 Å². The quantitative estimate of drug-likeness (QED) is 0.0911. The van der Waals surface area contributed by atoms with Gasteiger partial charge in [-0.15, -0.1) is 0 Å². The highest BCUT2D eigenvalue weighted by atomic mass is 16.5. The van der Waals surface area contributed by atoms with E-state index in [4.69, 9.17) is 9.47 Å². The van der Waals surface area contributed by atoms with E-state index in [1.807, 2.05) is 36.4 Å². The molecule has 0 heterocycles. The number of hydrogen-bond acceptors (Lipinski definition) is 6. The molecule has 75 heavy (non-hydrogen) atoms. The number of fused-ring (bicyclic) bond motifs is 7. The van der Waals surface area contributed by atoms with Crippen molar-refractivity contribution >= 4 is 43.1 Å². The van der Waals surface area contributed by atoms with Gasteiger partial charge in [-0.25, -0.2) is 0 Å². The Morgan fingerprint density at radius 3 is 1.40 bits per heavy atom. The fourth-order valence-corrected chi connectivity index (χ4v) is 11.7. The second kappa shape index (κ2) is 18.5. The van der Waals surface area contributed by atoms with Gasteiger partial charge in [0.1, 0.15) is 34.5 Å². The lowest BCUT2D eigenvalue weighted by Crippen LogP contribution is -2.29. The van der Waals surface area contributed by atoms with Gasteiger partial charge in [0.25, 0.3) is 0 Å². The van der Waals surface area contributed by atoms with E-state index in [-0.39, 0.29) is 23.0 Å². The van der Waals surface area contributed by atoms with Crippen molar-refractivity contribution in [3.05, 3.63) is 253 Å². The molecule has 1 aliphatic carbocycles. The summed E-state index contributed by atoms with van der Waals surface area (Å²) >= 11 is 0. The van der Waals surface area contributed by atoms with Gasteiger partial charge < -0.3 is 29.9 Å². The molecule has 4 N–H and O–H groups in total. The van der Waals surface area contributed by atoms with Gasteiger partial charge in [-0.2, -0.15) is 0 Å². The van der Waals surface area contributed by atoms with Gasteiger partial charge in [0.2, 0.25) is 0 Å². The second-order valence-corrected chi connectivity index (χ2v) is 19.5. The number of hydrogen-bond donors (Lipinski definition) is 4. The summed E-state index contributed by atoms with van der Waals surface area (Å²) < 4.78 is 12.6. The highest BCUT2D eigenvalue weighted by Crippen LogP contribution is 2.58. The SMILES string of the molecule is Oc1ccc2c(O)ccc(-c3ccccc3-c3ccccc3-c3ccc4cc(OCCCCOc5ccc6cc(C7(c8ccc(O)c9ccc(O)cc89)c8ccccc8-c8ccccc87)ccc6c5)ccc4c3)c2c1. The number of ether oxygens (including phenoxy) is 2. The summed E-state index contributed by atoms with van der Waals surface area (Å²) in [5, 5.41) is 50.2. The zero-order valence-corrected chi connectivity index (χ0v) is 40.9. The van der Waals surface area contributed by atoms with Crippen LogP contribution in [0.1, 0.15) is 35.1 Å². The highest BCUT2D eigenvalue weighted by Gasteiger charge is 2.47. The third-order valence-electron chi connectivity index (χ3n) is 15.2. The summed E-state index contributed by atoms with van der Waals surface area (Å²) in [6.45, 7) is 1.13. The van der Waals surface area contributed by atoms with Crippen LogP contribution in [0.15, 0.2) is 231 Å². The van der Waals surface area contributed by atoms with Crippen LogP contribution in [0, 0.1) is 0 Å². The predicted molar refractivity (Wildman–Crippen MR) is 303 cm³/mol. The van der Waals surface area contributed by atoms with Crippen molar-refractivity contribution < 1.29 is 29.9 Å². The molecule has 0 saturated carbocycles. The molecule has 1 aliphatic rings. The first kappa shape index (κ1) is 45.4. The van der Waals surface area contributed by atoms with Crippen molar-refractivity contribution in [2.45, 2.75) is 18.3 Å². The standard InChI is InChI=1S/C69H50O6/c70-49-25-29-60-62(41-49)57(31-33-67(60)72)56-14-4-3-13-55(56)54-12-2-1-11-53(54)47-20-19-45-39-51(27-22-43(45)37-47)74-35-9-10-36-75-52-28-23-44-38-48(24-21-46(44)40-52)69(66-32-34-68(73)61-30-26-50(71)42-63(61)66)64-17-7-5-15-58(64)59-16-6-8-18-65(59)69/h1-8,11-34,37-42,70-73H,9-10,35-36H2. The van der Waals surface area contributed by atoms with Crippen molar-refractivity contribution in [3.63, 3.8) is 0 Å². The zero-order valence-electron chi connectivity index (χ0n) is 40.9. The van der Waals surface area contributed by atoms with Gasteiger partial charge in [-0.05, 0) is 197 Å². The van der Waals surface area contributed by atoms with E-state index >= 15 is 0 Å². The molecule has 6 heteroatoms. The molecule has 0 bridgehead atoms. The maximum absolute atomic E-state index is 11.0. The molecule has 0 aromatic heterocycles. The molecule has 362 valence electrons. The minimum Gasteiger partial charge on any atom is -0.508 e. The third-order valence-corrected chi connectivity index (χ3v) is 15.2. The molecule has 0 amide bonds. The van der Waals surface area contributed by atoms with E-state index in [0.717, 1.165) is 112 Å². The van der Waals surface area contributed by atoms with Crippen LogP contribution >= 0.6 is 0 Å². The van der Waals surface area contributed by atoms with Crippen molar-refractivity contribution in [3.8, 4) is 79.0 Å². The van der Waals surface area contributed by atoms with Gasteiger partial charge in [0.05, 0.1) is 18.6 Å². The van der Waals surface area contributed by atoms with Gasteiger partial charge in [-0.1, -0.05) is 146 Å². The normalized spacial score (nSPS) is 12.5. The van der Waals surface area contributed by atoms with Crippen molar-refractivity contribution in [2.24, 2.45) is 0 Å². The highest BCUT2D eigenvalue weighted by molar-refractivity contribution is 6.05. The molecule has 0 unspecified atom stereocenters. The largest absolute Gasteiger partial charge is 0.508 e. The number of rotatable bonds is 12. The van der Waals surface area contributed by atoms with E-state index in [2.05, 4.69) is 146 Å². The molecule has 12 aromatic carbocycles. The van der Waals surface area contributed by atoms with Crippen molar-refractivity contribution in [1.29, 1.82) is 0 Å². The molecule has 0 saturated heterocycles. The first-order valence-electron chi connectivity index (χ1n) is 25.4. The van der Waals surface area contributed by atoms with Crippen LogP contribution in [0.2, 0.25) is 0 Å². The molecule has 0 fully saturated rings. The lowest BCUT2D eigenvalue weighted by Gasteiger charge is -2.35. The summed E-state index contributed by atoms with van der Waals surface area (Å²) in [4.78, 5) is 0. The number of benzene rings is 12. The molecular weight excluding hydrogens is 925 g/mol. The summed E-state index contributed by atoms with van der Waals surface area (Å²) in [5.74, 6) is 2.29. The lowest BCUT2D eigenvalue weighted by atomic mass is 9.66. The van der Waals surface area contributed by atoms with Crippen LogP contribution in [0.4, 0.5) is 0 Å². The van der Waals surface area contributed by atoms with E-state index < -0.39 is 5.41 Å². The van der Waals surface area contributed by atoms with Crippen LogP contribution in [0.5, 0.6) is 34.5 Å². The Bertz CT molecular complexity index is 4170. The predicted octanol–water partition coefficient (Wildman–Crippen LogP) is 16.7. The average molecular weight is 975 g/mol. The van der Waals surface area contributed by atoms with E-state index in [1.54, 1.807) is 48.5 Å². The number of phenolic OH excluding ortho intramolecular Hbond substituents is 4. The zero-order chi connectivity index (χ0) is 50.6. The average Bonchev–Trinajstić information content (AvgIpc) is 3.82. The Hall–Kier alpha value is -9.52. The summed E-state index contributed by atoms with van der Waals surface area (Å²) in [6, 6.07) is 77.4. The maximum atomic E-state index is 11.0. The van der Waals surface area contributed by atoms with E-state index in [0.29, 0.717) is 24.0 Å². The van der Waals surface area contributed by atoms with Crippen LogP contribution in [-0.2, 0) is 5.41 Å². The number of phenols is 4. The summed E-state index contributed by atoms with van der Waals surface area (Å²) in [6.07, 6.45) is 1.67. The molecule has 0 radical (unpaired) electrons. The second-order valence-electron chi connectivity index (χ2n) is 19.5. The Balaban J connectivity index is 0.694. The molecule has 12 aromatic rings. The maximum Gasteiger partial charge on any atom is 0.123 e. The topological polar surface area (TPSA) is 99.4 Å². The van der Waals surface area contributed by atoms with Crippen LogP contribution in [-0.4, -0.2) is 33.6 Å². The van der Waals surface area contributed by atoms with Crippen molar-refractivity contribution in [1.82, 2.24) is 0 Å². The molecular formula is C69H50O6. The third kappa shape index (κ3) is 7.81. The van der Waals surface area contributed by atoms with Crippen LogP contribution < -0.4 is 9.47 Å². The minimum absolute atomic E-state index is 0.146. The fraction of sp³-hybridized carbons (Fsp3) is 0.0725. The number of aromatic hydroxyl groups is 4. The Kier molecular flexibility index (Phi) is 11.2. The molecule has 6 nitrogen and oxygen atoms in total. The first-order valence-corrected chi connectivity index (χ1v) is 25.4. The summed E-state index contributed by atoms with van der Waals surface area (Å²) in [7, 11) is 0. The molecule has 0 atom stereocenters. The van der Waals surface area contributed by atoms with E-state index in [9.17, 15) is 20.4 Å². The Labute approximate surface area is 434 Å². The number of unbranched alkanes of at least 4 members (excludes halogenated alkanes) is 1. The van der Waals surface area contributed by atoms with Gasteiger partial charge in [-0.3, -0.25) is 0 Å². The molecule has 0 aliphatic heterocycles. The fourth-order valence-electron chi connectivity index (χ4n) is 11.7. The van der Waals surface area contributed by atoms with Crippen LogP contribution in [0.25, 0.3) is 87.6 Å². The van der Waals surface area contributed by atoms with E-state index in [1.165, 1.54) is 11.1 Å². The minimum atomic E-state index is -0.724. The monoisotopic (exact) mass is 974 g/mol. The Morgan fingerprint density at radius 1 is 0.307 bits per heavy atom. The molecule has 0 spiro atoms. The summed E-state index contributed by atoms with van der Waals surface area (Å²) in [5.41, 5.74) is 12.3. The van der Waals surface area contributed by atoms with Gasteiger partial charge in [0.15, 0.2) is 0 Å². The first-order chi connectivity index (χ1) is 36.8. The molecule has 13 rings (SSSR count). The Morgan fingerprint density at radius 2 is 0.773 bits per heavy atom.